The monoisotopic (exact) mass is 321 g/mol. The van der Waals surface area contributed by atoms with E-state index in [1.54, 1.807) is 7.05 Å². The quantitative estimate of drug-likeness (QED) is 0.492. The smallest absolute Gasteiger partial charge is 0.226 e. The largest absolute Gasteiger partial charge is 0.370 e. The molecule has 1 unspecified atom stereocenters. The van der Waals surface area contributed by atoms with E-state index in [1.807, 2.05) is 57.0 Å². The molecule has 0 bridgehead atoms. The third kappa shape index (κ3) is 6.95. The first kappa shape index (κ1) is 20.6. The minimum absolute atomic E-state index is 0.0626. The summed E-state index contributed by atoms with van der Waals surface area (Å²) in [5.41, 5.74) is 1.66. The Hall–Kier alpha value is -2.37. The van der Waals surface area contributed by atoms with Crippen molar-refractivity contribution in [1.29, 1.82) is 0 Å². The maximum Gasteiger partial charge on any atom is 0.226 e. The lowest BCUT2D eigenvalue weighted by molar-refractivity contribution is -0.125. The molecule has 6 nitrogen and oxygen atoms in total. The molecular formula is C17H27N3O3. The van der Waals surface area contributed by atoms with E-state index >= 15 is 0 Å². The minimum atomic E-state index is -0.294. The zero-order valence-electron chi connectivity index (χ0n) is 14.6. The number of rotatable bonds is 10. The Morgan fingerprint density at radius 2 is 1.83 bits per heavy atom. The first-order chi connectivity index (χ1) is 10.9. The number of hydrogen-bond donors (Lipinski definition) is 1. The lowest BCUT2D eigenvalue weighted by atomic mass is 10.1. The van der Waals surface area contributed by atoms with Crippen molar-refractivity contribution in [3.8, 4) is 0 Å². The van der Waals surface area contributed by atoms with Crippen molar-refractivity contribution in [3.05, 3.63) is 35.7 Å². The van der Waals surface area contributed by atoms with Crippen LogP contribution in [-0.4, -0.2) is 48.7 Å². The van der Waals surface area contributed by atoms with Gasteiger partial charge in [-0.1, -0.05) is 18.2 Å². The van der Waals surface area contributed by atoms with Gasteiger partial charge < -0.3 is 9.80 Å². The van der Waals surface area contributed by atoms with Crippen LogP contribution in [0.4, 0.5) is 0 Å². The number of allylic oxidation sites excluding steroid dienone is 4. The molecule has 0 fully saturated rings. The average Bonchev–Trinajstić information content (AvgIpc) is 2.55. The molecule has 0 aliphatic heterocycles. The van der Waals surface area contributed by atoms with E-state index in [-0.39, 0.29) is 18.4 Å². The first-order valence-corrected chi connectivity index (χ1v) is 7.56. The van der Waals surface area contributed by atoms with Gasteiger partial charge in [-0.05, 0) is 33.3 Å². The third-order valence-corrected chi connectivity index (χ3v) is 3.57. The number of nitrogens with one attached hydrogen (secondary N) is 1. The second-order valence-corrected chi connectivity index (χ2v) is 5.15. The Morgan fingerprint density at radius 1 is 1.17 bits per heavy atom. The summed E-state index contributed by atoms with van der Waals surface area (Å²) in [6, 6.07) is 0.0626. The summed E-state index contributed by atoms with van der Waals surface area (Å²) in [4.78, 5) is 36.3. The number of hydrogen-bond acceptors (Lipinski definition) is 4. The van der Waals surface area contributed by atoms with Gasteiger partial charge in [0.25, 0.3) is 0 Å². The molecule has 0 heterocycles. The molecule has 0 spiro atoms. The molecule has 23 heavy (non-hydrogen) atoms. The van der Waals surface area contributed by atoms with Gasteiger partial charge in [0.1, 0.15) is 0 Å². The maximum absolute atomic E-state index is 11.4. The number of carbonyl (C=O) groups is 3. The topological polar surface area (TPSA) is 69.7 Å². The molecule has 3 amide bonds. The Bertz CT molecular complexity index is 495. The van der Waals surface area contributed by atoms with Crippen LogP contribution < -0.4 is 5.32 Å². The number of carbonyl (C=O) groups excluding carboxylic acids is 3. The summed E-state index contributed by atoms with van der Waals surface area (Å²) in [6.45, 7) is 5.80. The van der Waals surface area contributed by atoms with Crippen LogP contribution in [0.15, 0.2) is 35.7 Å². The molecule has 6 heteroatoms. The van der Waals surface area contributed by atoms with E-state index in [4.69, 9.17) is 0 Å². The predicted molar refractivity (Wildman–Crippen MR) is 91.1 cm³/mol. The molecule has 1 atom stereocenters. The highest BCUT2D eigenvalue weighted by Crippen LogP contribution is 2.20. The van der Waals surface area contributed by atoms with E-state index < -0.39 is 0 Å². The fraction of sp³-hybridized carbons (Fsp3) is 0.471. The van der Waals surface area contributed by atoms with Crippen LogP contribution in [-0.2, 0) is 14.4 Å². The summed E-state index contributed by atoms with van der Waals surface area (Å²) >= 11 is 0. The van der Waals surface area contributed by atoms with Crippen LogP contribution in [0.2, 0.25) is 0 Å². The van der Waals surface area contributed by atoms with Crippen molar-refractivity contribution in [2.45, 2.75) is 39.7 Å². The van der Waals surface area contributed by atoms with Crippen molar-refractivity contribution in [1.82, 2.24) is 15.1 Å². The van der Waals surface area contributed by atoms with Gasteiger partial charge in [-0.2, -0.15) is 0 Å². The molecule has 0 saturated carbocycles. The SMILES string of the molecule is C\C=C/C=C(\C(=C/C)N(C)C(C)CCC(=O)NC=O)N(C)C=O. The van der Waals surface area contributed by atoms with E-state index in [9.17, 15) is 14.4 Å². The van der Waals surface area contributed by atoms with E-state index in [0.717, 1.165) is 17.8 Å². The molecule has 0 aromatic carbocycles. The molecule has 1 N–H and O–H groups in total. The Balaban J connectivity index is 5.14. The van der Waals surface area contributed by atoms with E-state index in [0.29, 0.717) is 12.8 Å². The predicted octanol–water partition coefficient (Wildman–Crippen LogP) is 1.81. The zero-order chi connectivity index (χ0) is 17.8. The van der Waals surface area contributed by atoms with Crippen molar-refractivity contribution < 1.29 is 14.4 Å². The second-order valence-electron chi connectivity index (χ2n) is 5.15. The normalized spacial score (nSPS) is 13.6. The second kappa shape index (κ2) is 11.2. The van der Waals surface area contributed by atoms with Gasteiger partial charge >= 0.3 is 0 Å². The highest BCUT2D eigenvalue weighted by atomic mass is 16.2. The zero-order valence-corrected chi connectivity index (χ0v) is 14.6. The van der Waals surface area contributed by atoms with Gasteiger partial charge in [0.15, 0.2) is 0 Å². The maximum atomic E-state index is 11.4. The molecule has 0 rings (SSSR count). The van der Waals surface area contributed by atoms with Crippen LogP contribution in [0.3, 0.4) is 0 Å². The minimum Gasteiger partial charge on any atom is -0.370 e. The van der Waals surface area contributed by atoms with Crippen molar-refractivity contribution in [3.63, 3.8) is 0 Å². The number of nitrogens with zero attached hydrogens (tertiary/aromatic N) is 2. The number of likely N-dealkylation sites (N-methyl/N-ethyl adjacent to an activating group) is 2. The average molecular weight is 321 g/mol. The molecule has 0 radical (unpaired) electrons. The van der Waals surface area contributed by atoms with Crippen LogP contribution in [0.25, 0.3) is 0 Å². The summed E-state index contributed by atoms with van der Waals surface area (Å²) in [7, 11) is 3.61. The van der Waals surface area contributed by atoms with Gasteiger partial charge in [-0.3, -0.25) is 19.7 Å². The van der Waals surface area contributed by atoms with Gasteiger partial charge in [0.2, 0.25) is 18.7 Å². The van der Waals surface area contributed by atoms with Crippen molar-refractivity contribution in [2.24, 2.45) is 0 Å². The fourth-order valence-corrected chi connectivity index (χ4v) is 2.07. The highest BCUT2D eigenvalue weighted by molar-refractivity contribution is 5.85. The van der Waals surface area contributed by atoms with Crippen LogP contribution in [0.1, 0.15) is 33.6 Å². The molecule has 0 aromatic rings. The summed E-state index contributed by atoms with van der Waals surface area (Å²) in [5.74, 6) is -0.294. The van der Waals surface area contributed by atoms with Crippen LogP contribution >= 0.6 is 0 Å². The fourth-order valence-electron chi connectivity index (χ4n) is 2.07. The van der Waals surface area contributed by atoms with E-state index in [2.05, 4.69) is 5.32 Å². The van der Waals surface area contributed by atoms with Crippen molar-refractivity contribution >= 4 is 18.7 Å². The molecular weight excluding hydrogens is 294 g/mol. The number of amides is 3. The van der Waals surface area contributed by atoms with Crippen LogP contribution in [0.5, 0.6) is 0 Å². The highest BCUT2D eigenvalue weighted by Gasteiger charge is 2.18. The molecule has 0 saturated heterocycles. The molecule has 0 aliphatic rings. The Labute approximate surface area is 138 Å². The lowest BCUT2D eigenvalue weighted by Gasteiger charge is -2.32. The Kier molecular flexibility index (Phi) is 10.1. The molecule has 0 aliphatic carbocycles. The summed E-state index contributed by atoms with van der Waals surface area (Å²) in [5, 5.41) is 2.13. The Morgan fingerprint density at radius 3 is 2.30 bits per heavy atom. The van der Waals surface area contributed by atoms with Gasteiger partial charge in [-0.15, -0.1) is 0 Å². The molecule has 0 aromatic heterocycles. The molecule has 128 valence electrons. The number of imide groups is 1. The standard InChI is InChI=1S/C17H27N3O3/c1-6-8-9-16(19(4)13-22)15(7-2)20(5)14(3)10-11-17(23)18-12-21/h6-9,12-14H,10-11H2,1-5H3,(H,18,21,23)/b8-6-,15-7+,16-9+. The van der Waals surface area contributed by atoms with Gasteiger partial charge in [0, 0.05) is 26.6 Å². The van der Waals surface area contributed by atoms with Gasteiger partial charge in [-0.25, -0.2) is 0 Å². The first-order valence-electron chi connectivity index (χ1n) is 7.56. The summed E-state index contributed by atoms with van der Waals surface area (Å²) < 4.78 is 0. The van der Waals surface area contributed by atoms with Crippen LogP contribution in [0, 0.1) is 0 Å². The van der Waals surface area contributed by atoms with Gasteiger partial charge in [0.05, 0.1) is 11.4 Å². The third-order valence-electron chi connectivity index (χ3n) is 3.57. The van der Waals surface area contributed by atoms with E-state index in [1.165, 1.54) is 4.90 Å². The summed E-state index contributed by atoms with van der Waals surface area (Å²) in [6.07, 6.45) is 9.56. The van der Waals surface area contributed by atoms with Crippen molar-refractivity contribution in [2.75, 3.05) is 14.1 Å². The lowest BCUT2D eigenvalue weighted by Crippen LogP contribution is -2.34.